The van der Waals surface area contributed by atoms with Gasteiger partial charge in [-0.1, -0.05) is 0 Å². The van der Waals surface area contributed by atoms with Gasteiger partial charge >= 0.3 is 0 Å². The topological polar surface area (TPSA) is 61.5 Å². The number of aromatic nitrogens is 2. The fourth-order valence-corrected chi connectivity index (χ4v) is 2.24. The second-order valence-electron chi connectivity index (χ2n) is 5.13. The number of piperazine rings is 1. The van der Waals surface area contributed by atoms with E-state index in [-0.39, 0.29) is 0 Å². The Labute approximate surface area is 115 Å². The molecule has 2 N–H and O–H groups in total. The summed E-state index contributed by atoms with van der Waals surface area (Å²) in [4.78, 5) is 15.8. The minimum Gasteiger partial charge on any atom is -0.358 e. The van der Waals surface area contributed by atoms with Gasteiger partial charge in [0.1, 0.15) is 17.5 Å². The lowest BCUT2D eigenvalue weighted by Gasteiger charge is -2.33. The van der Waals surface area contributed by atoms with Crippen LogP contribution in [-0.4, -0.2) is 68.2 Å². The number of rotatable bonds is 4. The van der Waals surface area contributed by atoms with Gasteiger partial charge in [0, 0.05) is 52.4 Å². The van der Waals surface area contributed by atoms with E-state index in [1.165, 1.54) is 0 Å². The van der Waals surface area contributed by atoms with Crippen molar-refractivity contribution in [2.45, 2.75) is 6.92 Å². The molecular weight excluding hydrogens is 240 g/mol. The highest BCUT2D eigenvalue weighted by Crippen LogP contribution is 2.19. The molecule has 1 fully saturated rings. The third kappa shape index (κ3) is 3.54. The highest BCUT2D eigenvalue weighted by Gasteiger charge is 2.17. The molecule has 1 aromatic heterocycles. The molecule has 0 aliphatic carbocycles. The van der Waals surface area contributed by atoms with Crippen molar-refractivity contribution in [3.8, 4) is 0 Å². The molecule has 6 nitrogen and oxygen atoms in total. The van der Waals surface area contributed by atoms with E-state index in [1.54, 1.807) is 0 Å². The summed E-state index contributed by atoms with van der Waals surface area (Å²) < 4.78 is 0. The fraction of sp³-hybridized carbons (Fsp3) is 0.692. The molecular formula is C13H24N6. The van der Waals surface area contributed by atoms with E-state index < -0.39 is 0 Å². The molecule has 0 unspecified atom stereocenters. The van der Waals surface area contributed by atoms with Gasteiger partial charge in [0.25, 0.3) is 0 Å². The molecule has 0 aromatic carbocycles. The maximum atomic E-state index is 5.60. The van der Waals surface area contributed by atoms with Crippen LogP contribution in [0, 0.1) is 6.92 Å². The smallest absolute Gasteiger partial charge is 0.134 e. The van der Waals surface area contributed by atoms with Gasteiger partial charge in [-0.3, -0.25) is 0 Å². The largest absolute Gasteiger partial charge is 0.358 e. The molecule has 106 valence electrons. The van der Waals surface area contributed by atoms with Gasteiger partial charge in [-0.25, -0.2) is 9.97 Å². The van der Waals surface area contributed by atoms with Gasteiger partial charge in [-0.15, -0.1) is 0 Å². The minimum absolute atomic E-state index is 0.628. The minimum atomic E-state index is 0.628. The summed E-state index contributed by atoms with van der Waals surface area (Å²) in [6.45, 7) is 7.58. The van der Waals surface area contributed by atoms with E-state index >= 15 is 0 Å². The average molecular weight is 264 g/mol. The Balaban J connectivity index is 2.16. The van der Waals surface area contributed by atoms with E-state index in [2.05, 4.69) is 37.8 Å². The maximum Gasteiger partial charge on any atom is 0.134 e. The molecule has 6 heteroatoms. The number of nitrogens with two attached hydrogens (primary N) is 1. The van der Waals surface area contributed by atoms with Gasteiger partial charge in [0.15, 0.2) is 0 Å². The predicted molar refractivity (Wildman–Crippen MR) is 78.8 cm³/mol. The van der Waals surface area contributed by atoms with Crippen LogP contribution in [0.1, 0.15) is 5.82 Å². The van der Waals surface area contributed by atoms with Crippen LogP contribution in [0.2, 0.25) is 0 Å². The monoisotopic (exact) mass is 264 g/mol. The summed E-state index contributed by atoms with van der Waals surface area (Å²) in [6.07, 6.45) is 0. The van der Waals surface area contributed by atoms with Crippen molar-refractivity contribution in [1.29, 1.82) is 0 Å². The first-order valence-electron chi connectivity index (χ1n) is 6.80. The molecule has 0 atom stereocenters. The summed E-state index contributed by atoms with van der Waals surface area (Å²) in [6, 6.07) is 2.06. The van der Waals surface area contributed by atoms with Crippen molar-refractivity contribution < 1.29 is 0 Å². The molecule has 0 radical (unpaired) electrons. The molecule has 2 rings (SSSR count). The third-order valence-electron chi connectivity index (χ3n) is 3.49. The number of hydrogen-bond donors (Lipinski definition) is 1. The first-order chi connectivity index (χ1) is 9.10. The van der Waals surface area contributed by atoms with Crippen LogP contribution < -0.4 is 15.5 Å². The molecule has 0 amide bonds. The van der Waals surface area contributed by atoms with Crippen LogP contribution in [0.15, 0.2) is 6.07 Å². The van der Waals surface area contributed by atoms with Gasteiger partial charge in [-0.2, -0.15) is 0 Å². The van der Waals surface area contributed by atoms with Gasteiger partial charge in [0.05, 0.1) is 0 Å². The Bertz CT molecular complexity index is 414. The predicted octanol–water partition coefficient (Wildman–Crippen LogP) is -0.0683. The second-order valence-corrected chi connectivity index (χ2v) is 5.13. The lowest BCUT2D eigenvalue weighted by Crippen LogP contribution is -2.45. The average Bonchev–Trinajstić information content (AvgIpc) is 2.39. The Hall–Kier alpha value is -1.40. The standard InChI is InChI=1S/C13H24N6/c1-11-15-12(18(3)5-4-14)10-13(16-11)19-8-6-17(2)7-9-19/h10H,4-9,14H2,1-3H3. The van der Waals surface area contributed by atoms with Crippen molar-refractivity contribution in [1.82, 2.24) is 14.9 Å². The molecule has 1 saturated heterocycles. The van der Waals surface area contributed by atoms with Crippen LogP contribution in [0.3, 0.4) is 0 Å². The quantitative estimate of drug-likeness (QED) is 0.821. The third-order valence-corrected chi connectivity index (χ3v) is 3.49. The highest BCUT2D eigenvalue weighted by atomic mass is 15.3. The lowest BCUT2D eigenvalue weighted by atomic mass is 10.3. The Kier molecular flexibility index (Phi) is 4.55. The summed E-state index contributed by atoms with van der Waals surface area (Å²) in [5.74, 6) is 2.79. The number of likely N-dealkylation sites (N-methyl/N-ethyl adjacent to an activating group) is 2. The summed E-state index contributed by atoms with van der Waals surface area (Å²) in [5, 5.41) is 0. The zero-order chi connectivity index (χ0) is 13.8. The van der Waals surface area contributed by atoms with Crippen LogP contribution in [0.4, 0.5) is 11.6 Å². The highest BCUT2D eigenvalue weighted by molar-refractivity contribution is 5.51. The molecule has 1 aromatic rings. The first kappa shape index (κ1) is 14.0. The molecule has 1 aliphatic heterocycles. The Morgan fingerprint density at radius 2 is 1.95 bits per heavy atom. The SMILES string of the molecule is Cc1nc(N(C)CCN)cc(N2CCN(C)CC2)n1. The number of anilines is 2. The van der Waals surface area contributed by atoms with E-state index in [4.69, 9.17) is 5.73 Å². The number of aryl methyl sites for hydroxylation is 1. The van der Waals surface area contributed by atoms with Crippen molar-refractivity contribution in [3.63, 3.8) is 0 Å². The molecule has 2 heterocycles. The van der Waals surface area contributed by atoms with Crippen molar-refractivity contribution in [2.75, 3.05) is 63.2 Å². The zero-order valence-corrected chi connectivity index (χ0v) is 12.1. The lowest BCUT2D eigenvalue weighted by molar-refractivity contribution is 0.312. The van der Waals surface area contributed by atoms with E-state index in [9.17, 15) is 0 Å². The maximum absolute atomic E-state index is 5.60. The Morgan fingerprint density at radius 1 is 1.26 bits per heavy atom. The van der Waals surface area contributed by atoms with Crippen molar-refractivity contribution in [2.24, 2.45) is 5.73 Å². The second kappa shape index (κ2) is 6.16. The van der Waals surface area contributed by atoms with Gasteiger partial charge in [0.2, 0.25) is 0 Å². The summed E-state index contributed by atoms with van der Waals surface area (Å²) in [7, 11) is 4.17. The van der Waals surface area contributed by atoms with E-state index in [1.807, 2.05) is 14.0 Å². The normalized spacial score (nSPS) is 16.7. The van der Waals surface area contributed by atoms with Gasteiger partial charge < -0.3 is 20.4 Å². The number of hydrogen-bond acceptors (Lipinski definition) is 6. The molecule has 0 bridgehead atoms. The molecule has 0 saturated carbocycles. The molecule has 19 heavy (non-hydrogen) atoms. The molecule has 0 spiro atoms. The summed E-state index contributed by atoms with van der Waals surface area (Å²) >= 11 is 0. The van der Waals surface area contributed by atoms with E-state index in [0.29, 0.717) is 6.54 Å². The van der Waals surface area contributed by atoms with Crippen LogP contribution >= 0.6 is 0 Å². The van der Waals surface area contributed by atoms with E-state index in [0.717, 1.165) is 50.2 Å². The van der Waals surface area contributed by atoms with Crippen molar-refractivity contribution >= 4 is 11.6 Å². The zero-order valence-electron chi connectivity index (χ0n) is 12.1. The van der Waals surface area contributed by atoms with Crippen molar-refractivity contribution in [3.05, 3.63) is 11.9 Å². The fourth-order valence-electron chi connectivity index (χ4n) is 2.24. The van der Waals surface area contributed by atoms with Crippen LogP contribution in [-0.2, 0) is 0 Å². The summed E-state index contributed by atoms with van der Waals surface area (Å²) in [5.41, 5.74) is 5.60. The Morgan fingerprint density at radius 3 is 2.58 bits per heavy atom. The van der Waals surface area contributed by atoms with Crippen LogP contribution in [0.5, 0.6) is 0 Å². The number of nitrogens with zero attached hydrogens (tertiary/aromatic N) is 5. The van der Waals surface area contributed by atoms with Gasteiger partial charge in [-0.05, 0) is 14.0 Å². The van der Waals surface area contributed by atoms with Crippen LogP contribution in [0.25, 0.3) is 0 Å². The first-order valence-corrected chi connectivity index (χ1v) is 6.80. The molecule has 1 aliphatic rings.